The quantitative estimate of drug-likeness (QED) is 0.811. The van der Waals surface area contributed by atoms with Gasteiger partial charge in [0.15, 0.2) is 0 Å². The molecule has 4 nitrogen and oxygen atoms in total. The third kappa shape index (κ3) is 4.62. The minimum Gasteiger partial charge on any atom is -0.489 e. The maximum atomic E-state index is 5.81. The normalized spacial score (nSPS) is 10.8. The van der Waals surface area contributed by atoms with E-state index in [4.69, 9.17) is 13.9 Å². The average Bonchev–Trinajstić information content (AvgIpc) is 2.84. The van der Waals surface area contributed by atoms with Crippen molar-refractivity contribution < 1.29 is 13.9 Å². The second-order valence-corrected chi connectivity index (χ2v) is 5.00. The highest BCUT2D eigenvalue weighted by Crippen LogP contribution is 2.19. The molecule has 0 radical (unpaired) electrons. The summed E-state index contributed by atoms with van der Waals surface area (Å²) in [5.74, 6) is 2.72. The van der Waals surface area contributed by atoms with Crippen molar-refractivity contribution in [1.82, 2.24) is 5.32 Å². The maximum Gasteiger partial charge on any atom is 0.119 e. The van der Waals surface area contributed by atoms with Gasteiger partial charge >= 0.3 is 0 Å². The molecule has 0 aliphatic heterocycles. The lowest BCUT2D eigenvalue weighted by Crippen LogP contribution is -2.03. The fourth-order valence-electron chi connectivity index (χ4n) is 2.13. The van der Waals surface area contributed by atoms with Crippen molar-refractivity contribution in [3.8, 4) is 5.75 Å². The first-order valence-electron chi connectivity index (χ1n) is 7.16. The molecule has 0 saturated heterocycles. The summed E-state index contributed by atoms with van der Waals surface area (Å²) in [6.45, 7) is 3.96. The molecule has 21 heavy (non-hydrogen) atoms. The largest absolute Gasteiger partial charge is 0.489 e. The van der Waals surface area contributed by atoms with Gasteiger partial charge in [0.05, 0.1) is 13.2 Å². The van der Waals surface area contributed by atoms with Crippen molar-refractivity contribution in [2.75, 3.05) is 20.8 Å². The van der Waals surface area contributed by atoms with Crippen LogP contribution in [0.15, 0.2) is 34.7 Å². The van der Waals surface area contributed by atoms with Crippen LogP contribution in [0, 0.1) is 6.92 Å². The lowest BCUT2D eigenvalue weighted by molar-refractivity contribution is 0.202. The first-order chi connectivity index (χ1) is 10.2. The van der Waals surface area contributed by atoms with Gasteiger partial charge in [-0.25, -0.2) is 0 Å². The Balaban J connectivity index is 1.90. The molecule has 1 aromatic heterocycles. The molecule has 1 N–H and O–H groups in total. The smallest absolute Gasteiger partial charge is 0.119 e. The van der Waals surface area contributed by atoms with Crippen molar-refractivity contribution >= 4 is 0 Å². The van der Waals surface area contributed by atoms with Gasteiger partial charge in [0.1, 0.15) is 23.9 Å². The Bertz CT molecular complexity index is 546. The molecular formula is C17H23NO3. The minimum atomic E-state index is 0.524. The van der Waals surface area contributed by atoms with E-state index in [9.17, 15) is 0 Å². The molecule has 0 aliphatic rings. The Morgan fingerprint density at radius 1 is 1.19 bits per heavy atom. The van der Waals surface area contributed by atoms with Crippen LogP contribution in [-0.4, -0.2) is 20.8 Å². The maximum absolute atomic E-state index is 5.81. The zero-order valence-corrected chi connectivity index (χ0v) is 12.9. The number of furan rings is 1. The number of nitrogens with one attached hydrogen (secondary N) is 1. The zero-order valence-electron chi connectivity index (χ0n) is 12.9. The number of ether oxygens (including phenoxy) is 2. The second-order valence-electron chi connectivity index (χ2n) is 5.00. The molecule has 0 fully saturated rings. The van der Waals surface area contributed by atoms with Gasteiger partial charge in [0.2, 0.25) is 0 Å². The van der Waals surface area contributed by atoms with E-state index in [0.29, 0.717) is 6.61 Å². The Morgan fingerprint density at radius 3 is 2.62 bits per heavy atom. The third-order valence-corrected chi connectivity index (χ3v) is 3.34. The molecule has 0 spiro atoms. The van der Waals surface area contributed by atoms with Gasteiger partial charge in [-0.2, -0.15) is 0 Å². The van der Waals surface area contributed by atoms with E-state index >= 15 is 0 Å². The van der Waals surface area contributed by atoms with Gasteiger partial charge in [0.25, 0.3) is 0 Å². The number of benzene rings is 1. The molecule has 0 amide bonds. The van der Waals surface area contributed by atoms with E-state index in [-0.39, 0.29) is 0 Å². The molecule has 0 bridgehead atoms. The van der Waals surface area contributed by atoms with E-state index in [1.807, 2.05) is 32.2 Å². The molecule has 4 heteroatoms. The summed E-state index contributed by atoms with van der Waals surface area (Å²) in [7, 11) is 3.62. The number of hydrogen-bond acceptors (Lipinski definition) is 4. The molecular weight excluding hydrogens is 266 g/mol. The predicted molar refractivity (Wildman–Crippen MR) is 82.6 cm³/mol. The zero-order chi connectivity index (χ0) is 15.1. The third-order valence-electron chi connectivity index (χ3n) is 3.34. The highest BCUT2D eigenvalue weighted by Gasteiger charge is 2.07. The summed E-state index contributed by atoms with van der Waals surface area (Å²) in [4.78, 5) is 0. The van der Waals surface area contributed by atoms with Gasteiger partial charge in [-0.3, -0.25) is 0 Å². The first kappa shape index (κ1) is 15.6. The summed E-state index contributed by atoms with van der Waals surface area (Å²) in [5.41, 5.74) is 2.34. The summed E-state index contributed by atoms with van der Waals surface area (Å²) < 4.78 is 16.5. The topological polar surface area (TPSA) is 43.6 Å². The minimum absolute atomic E-state index is 0.524. The SMILES string of the molecule is CNCc1cc(COc2ccc(CCOC)cc2)c(C)o1. The first-order valence-corrected chi connectivity index (χ1v) is 7.16. The van der Waals surface area contributed by atoms with Crippen LogP contribution in [0.2, 0.25) is 0 Å². The Hall–Kier alpha value is -1.78. The molecule has 2 rings (SSSR count). The van der Waals surface area contributed by atoms with Gasteiger partial charge in [-0.15, -0.1) is 0 Å². The number of methoxy groups -OCH3 is 1. The van der Waals surface area contributed by atoms with Crippen LogP contribution in [0.3, 0.4) is 0 Å². The lowest BCUT2D eigenvalue weighted by Gasteiger charge is -2.06. The van der Waals surface area contributed by atoms with Crippen LogP contribution in [-0.2, 0) is 24.3 Å². The summed E-state index contributed by atoms with van der Waals surface area (Å²) in [5, 5.41) is 3.08. The predicted octanol–water partition coefficient (Wildman–Crippen LogP) is 3.08. The van der Waals surface area contributed by atoms with Gasteiger partial charge in [0, 0.05) is 12.7 Å². The van der Waals surface area contributed by atoms with Crippen LogP contribution in [0.25, 0.3) is 0 Å². The number of aryl methyl sites for hydroxylation is 1. The standard InChI is InChI=1S/C17H23NO3/c1-13-15(10-17(21-13)11-18-2)12-20-16-6-4-14(5-7-16)8-9-19-3/h4-7,10,18H,8-9,11-12H2,1-3H3. The highest BCUT2D eigenvalue weighted by atomic mass is 16.5. The lowest BCUT2D eigenvalue weighted by atomic mass is 10.1. The van der Waals surface area contributed by atoms with Crippen molar-refractivity contribution in [3.05, 3.63) is 53.0 Å². The highest BCUT2D eigenvalue weighted by molar-refractivity contribution is 5.28. The van der Waals surface area contributed by atoms with Gasteiger partial charge < -0.3 is 19.2 Å². The van der Waals surface area contributed by atoms with Crippen LogP contribution in [0.4, 0.5) is 0 Å². The molecule has 0 atom stereocenters. The Morgan fingerprint density at radius 2 is 1.95 bits per heavy atom. The average molecular weight is 289 g/mol. The van der Waals surface area contributed by atoms with Crippen molar-refractivity contribution in [2.24, 2.45) is 0 Å². The molecule has 1 heterocycles. The molecule has 2 aromatic rings. The van der Waals surface area contributed by atoms with E-state index in [2.05, 4.69) is 17.4 Å². The summed E-state index contributed by atoms with van der Waals surface area (Å²) in [6, 6.07) is 10.2. The molecule has 0 unspecified atom stereocenters. The fraction of sp³-hybridized carbons (Fsp3) is 0.412. The molecule has 114 valence electrons. The van der Waals surface area contributed by atoms with E-state index in [1.165, 1.54) is 5.56 Å². The summed E-state index contributed by atoms with van der Waals surface area (Å²) in [6.07, 6.45) is 0.922. The summed E-state index contributed by atoms with van der Waals surface area (Å²) >= 11 is 0. The van der Waals surface area contributed by atoms with Crippen LogP contribution in [0.5, 0.6) is 5.75 Å². The molecule has 1 aromatic carbocycles. The molecule has 0 aliphatic carbocycles. The van der Waals surface area contributed by atoms with E-state index in [1.54, 1.807) is 7.11 Å². The second kappa shape index (κ2) is 7.86. The van der Waals surface area contributed by atoms with Crippen molar-refractivity contribution in [2.45, 2.75) is 26.5 Å². The van der Waals surface area contributed by atoms with Crippen LogP contribution >= 0.6 is 0 Å². The van der Waals surface area contributed by atoms with Crippen molar-refractivity contribution in [1.29, 1.82) is 0 Å². The van der Waals surface area contributed by atoms with Crippen LogP contribution in [0.1, 0.15) is 22.6 Å². The number of hydrogen-bond donors (Lipinski definition) is 1. The van der Waals surface area contributed by atoms with Gasteiger partial charge in [-0.1, -0.05) is 12.1 Å². The monoisotopic (exact) mass is 289 g/mol. The number of rotatable bonds is 8. The van der Waals surface area contributed by atoms with Gasteiger partial charge in [-0.05, 0) is 44.2 Å². The van der Waals surface area contributed by atoms with Crippen molar-refractivity contribution in [3.63, 3.8) is 0 Å². The Labute approximate surface area is 126 Å². The Kier molecular flexibility index (Phi) is 5.84. The van der Waals surface area contributed by atoms with E-state index in [0.717, 1.165) is 42.4 Å². The van der Waals surface area contributed by atoms with E-state index < -0.39 is 0 Å². The molecule has 0 saturated carbocycles. The fourth-order valence-corrected chi connectivity index (χ4v) is 2.13. The van der Waals surface area contributed by atoms with Crippen LogP contribution < -0.4 is 10.1 Å².